The number of nitrogens with one attached hydrogen (secondary N) is 2. The number of carbonyl (C=O) groups excluding carboxylic acids is 2. The fourth-order valence-electron chi connectivity index (χ4n) is 3.84. The molecule has 0 spiro atoms. The molecule has 2 atom stereocenters. The Balaban J connectivity index is 1.50. The van der Waals surface area contributed by atoms with Crippen LogP contribution < -0.4 is 5.32 Å². The average Bonchev–Trinajstić information content (AvgIpc) is 3.39. The molecule has 2 heterocycles. The SMILES string of the molecule is Cc1cc(NC(=O)[C@H]2CCCC[C@@H]2C(=O)c2ccc(-c3ccn[nH]3)cc2)on1. The van der Waals surface area contributed by atoms with Gasteiger partial charge in [0, 0.05) is 29.7 Å². The third-order valence-corrected chi connectivity index (χ3v) is 5.30. The summed E-state index contributed by atoms with van der Waals surface area (Å²) in [6.07, 6.45) is 5.00. The van der Waals surface area contributed by atoms with E-state index in [-0.39, 0.29) is 23.5 Å². The van der Waals surface area contributed by atoms with E-state index >= 15 is 0 Å². The van der Waals surface area contributed by atoms with Gasteiger partial charge in [0.25, 0.3) is 0 Å². The second kappa shape index (κ2) is 7.80. The number of H-pyrrole nitrogens is 1. The normalized spacial score (nSPS) is 19.3. The van der Waals surface area contributed by atoms with Gasteiger partial charge in [-0.1, -0.05) is 42.3 Å². The van der Waals surface area contributed by atoms with Gasteiger partial charge in [-0.2, -0.15) is 5.10 Å². The number of aryl methyl sites for hydroxylation is 1. The van der Waals surface area contributed by atoms with E-state index in [0.29, 0.717) is 30.0 Å². The van der Waals surface area contributed by atoms with Crippen molar-refractivity contribution in [3.05, 3.63) is 53.9 Å². The minimum atomic E-state index is -0.362. The first-order chi connectivity index (χ1) is 13.6. The van der Waals surface area contributed by atoms with Crippen LogP contribution in [0.3, 0.4) is 0 Å². The van der Waals surface area contributed by atoms with Crippen LogP contribution in [0.5, 0.6) is 0 Å². The van der Waals surface area contributed by atoms with Gasteiger partial charge in [0.15, 0.2) is 5.78 Å². The van der Waals surface area contributed by atoms with Crippen molar-refractivity contribution in [3.8, 4) is 11.3 Å². The summed E-state index contributed by atoms with van der Waals surface area (Å²) in [7, 11) is 0. The number of benzene rings is 1. The van der Waals surface area contributed by atoms with Gasteiger partial charge in [-0.3, -0.25) is 20.0 Å². The first kappa shape index (κ1) is 18.2. The molecule has 1 aliphatic rings. The maximum absolute atomic E-state index is 13.1. The van der Waals surface area contributed by atoms with E-state index in [2.05, 4.69) is 20.7 Å². The molecule has 0 radical (unpaired) electrons. The van der Waals surface area contributed by atoms with Crippen LogP contribution in [0.15, 0.2) is 47.1 Å². The lowest BCUT2D eigenvalue weighted by atomic mass is 9.75. The Morgan fingerprint density at radius 1 is 1.11 bits per heavy atom. The second-order valence-electron chi connectivity index (χ2n) is 7.23. The number of Topliss-reactive ketones (excluding diaryl/α,β-unsaturated/α-hetero) is 1. The van der Waals surface area contributed by atoms with E-state index in [1.165, 1.54) is 0 Å². The van der Waals surface area contributed by atoms with Crippen LogP contribution in [0.25, 0.3) is 11.3 Å². The monoisotopic (exact) mass is 378 g/mol. The minimum Gasteiger partial charge on any atom is -0.338 e. The van der Waals surface area contributed by atoms with Crippen LogP contribution in [0.1, 0.15) is 41.7 Å². The number of hydrogen-bond acceptors (Lipinski definition) is 5. The summed E-state index contributed by atoms with van der Waals surface area (Å²) < 4.78 is 5.08. The molecule has 2 aromatic heterocycles. The standard InChI is InChI=1S/C21H22N4O3/c1-13-12-19(28-25-13)23-21(27)17-5-3-2-4-16(17)20(26)15-8-6-14(7-9-15)18-10-11-22-24-18/h6-12,16-17H,2-5H2,1H3,(H,22,24)(H,23,27)/t16-,17-/m0/s1. The molecular formula is C21H22N4O3. The first-order valence-electron chi connectivity index (χ1n) is 9.50. The van der Waals surface area contributed by atoms with Gasteiger partial charge in [0.1, 0.15) is 0 Å². The molecular weight excluding hydrogens is 356 g/mol. The molecule has 28 heavy (non-hydrogen) atoms. The summed E-state index contributed by atoms with van der Waals surface area (Å²) in [5.74, 6) is -0.522. The van der Waals surface area contributed by atoms with Crippen molar-refractivity contribution < 1.29 is 14.1 Å². The highest BCUT2D eigenvalue weighted by Gasteiger charge is 2.36. The molecule has 1 amide bonds. The van der Waals surface area contributed by atoms with Crippen molar-refractivity contribution in [1.29, 1.82) is 0 Å². The Bertz CT molecular complexity index is 960. The molecule has 1 aliphatic carbocycles. The maximum atomic E-state index is 13.1. The molecule has 3 aromatic rings. The van der Waals surface area contributed by atoms with Crippen molar-refractivity contribution in [1.82, 2.24) is 15.4 Å². The smallest absolute Gasteiger partial charge is 0.231 e. The number of carbonyl (C=O) groups is 2. The van der Waals surface area contributed by atoms with Gasteiger partial charge in [-0.05, 0) is 31.4 Å². The Morgan fingerprint density at radius 2 is 1.86 bits per heavy atom. The predicted molar refractivity (Wildman–Crippen MR) is 104 cm³/mol. The summed E-state index contributed by atoms with van der Waals surface area (Å²) in [5.41, 5.74) is 3.19. The highest BCUT2D eigenvalue weighted by atomic mass is 16.5. The van der Waals surface area contributed by atoms with Gasteiger partial charge in [0.05, 0.1) is 11.4 Å². The van der Waals surface area contributed by atoms with E-state index in [4.69, 9.17) is 4.52 Å². The van der Waals surface area contributed by atoms with Crippen LogP contribution in [-0.4, -0.2) is 27.0 Å². The summed E-state index contributed by atoms with van der Waals surface area (Å²) >= 11 is 0. The maximum Gasteiger partial charge on any atom is 0.231 e. The van der Waals surface area contributed by atoms with E-state index < -0.39 is 0 Å². The van der Waals surface area contributed by atoms with Crippen LogP contribution in [-0.2, 0) is 4.79 Å². The number of anilines is 1. The lowest BCUT2D eigenvalue weighted by Gasteiger charge is -2.29. The van der Waals surface area contributed by atoms with Crippen LogP contribution in [0, 0.1) is 18.8 Å². The third-order valence-electron chi connectivity index (χ3n) is 5.30. The summed E-state index contributed by atoms with van der Waals surface area (Å²) in [5, 5.41) is 13.4. The minimum absolute atomic E-state index is 0.0183. The molecule has 7 nitrogen and oxygen atoms in total. The van der Waals surface area contributed by atoms with Crippen LogP contribution >= 0.6 is 0 Å². The highest BCUT2D eigenvalue weighted by molar-refractivity contribution is 6.02. The van der Waals surface area contributed by atoms with Crippen LogP contribution in [0.2, 0.25) is 0 Å². The number of rotatable bonds is 5. The molecule has 2 N–H and O–H groups in total. The number of aromatic amines is 1. The zero-order valence-electron chi connectivity index (χ0n) is 15.6. The lowest BCUT2D eigenvalue weighted by Crippen LogP contribution is -2.36. The van der Waals surface area contributed by atoms with E-state index in [0.717, 1.165) is 24.1 Å². The molecule has 1 saturated carbocycles. The Labute approximate surface area is 162 Å². The van der Waals surface area contributed by atoms with Crippen molar-refractivity contribution >= 4 is 17.6 Å². The Kier molecular flexibility index (Phi) is 5.06. The molecule has 144 valence electrons. The summed E-state index contributed by atoms with van der Waals surface area (Å²) in [4.78, 5) is 25.9. The molecule has 7 heteroatoms. The molecule has 0 aliphatic heterocycles. The molecule has 1 fully saturated rings. The van der Waals surface area contributed by atoms with E-state index in [1.54, 1.807) is 19.2 Å². The number of ketones is 1. The molecule has 0 saturated heterocycles. The molecule has 1 aromatic carbocycles. The van der Waals surface area contributed by atoms with Crippen molar-refractivity contribution in [2.24, 2.45) is 11.8 Å². The predicted octanol–water partition coefficient (Wildman–Crippen LogP) is 4.00. The zero-order chi connectivity index (χ0) is 19.5. The molecule has 0 unspecified atom stereocenters. The molecule has 0 bridgehead atoms. The van der Waals surface area contributed by atoms with Crippen molar-refractivity contribution in [2.45, 2.75) is 32.6 Å². The van der Waals surface area contributed by atoms with Gasteiger partial charge in [-0.15, -0.1) is 0 Å². The van der Waals surface area contributed by atoms with Gasteiger partial charge < -0.3 is 4.52 Å². The Morgan fingerprint density at radius 3 is 2.50 bits per heavy atom. The molecule has 4 rings (SSSR count). The van der Waals surface area contributed by atoms with Crippen molar-refractivity contribution in [2.75, 3.05) is 5.32 Å². The second-order valence-corrected chi connectivity index (χ2v) is 7.23. The van der Waals surface area contributed by atoms with Crippen LogP contribution in [0.4, 0.5) is 5.88 Å². The van der Waals surface area contributed by atoms with Gasteiger partial charge in [0.2, 0.25) is 11.8 Å². The highest BCUT2D eigenvalue weighted by Crippen LogP contribution is 2.34. The first-order valence-corrected chi connectivity index (χ1v) is 9.50. The van der Waals surface area contributed by atoms with E-state index in [1.807, 2.05) is 30.3 Å². The number of nitrogens with zero attached hydrogens (tertiary/aromatic N) is 2. The van der Waals surface area contributed by atoms with E-state index in [9.17, 15) is 9.59 Å². The number of hydrogen-bond donors (Lipinski definition) is 2. The Hall–Kier alpha value is -3.22. The van der Waals surface area contributed by atoms with Gasteiger partial charge >= 0.3 is 0 Å². The summed E-state index contributed by atoms with van der Waals surface area (Å²) in [6, 6.07) is 11.0. The zero-order valence-corrected chi connectivity index (χ0v) is 15.6. The van der Waals surface area contributed by atoms with Gasteiger partial charge in [-0.25, -0.2) is 0 Å². The lowest BCUT2D eigenvalue weighted by molar-refractivity contribution is -0.122. The summed E-state index contributed by atoms with van der Waals surface area (Å²) in [6.45, 7) is 1.79. The third kappa shape index (κ3) is 3.74. The topological polar surface area (TPSA) is 101 Å². The largest absolute Gasteiger partial charge is 0.338 e. The van der Waals surface area contributed by atoms with Crippen molar-refractivity contribution in [3.63, 3.8) is 0 Å². The quantitative estimate of drug-likeness (QED) is 0.654. The fourth-order valence-corrected chi connectivity index (χ4v) is 3.84. The number of aromatic nitrogens is 3. The fraction of sp³-hybridized carbons (Fsp3) is 0.333. The average molecular weight is 378 g/mol. The number of amides is 1.